The fourth-order valence-corrected chi connectivity index (χ4v) is 7.26. The molecule has 2 saturated heterocycles. The van der Waals surface area contributed by atoms with Gasteiger partial charge >= 0.3 is 15.6 Å². The van der Waals surface area contributed by atoms with E-state index in [0.717, 1.165) is 17.7 Å². The summed E-state index contributed by atoms with van der Waals surface area (Å²) in [7, 11) is -10.7. The van der Waals surface area contributed by atoms with Crippen molar-refractivity contribution in [3.63, 3.8) is 0 Å². The van der Waals surface area contributed by atoms with Crippen molar-refractivity contribution in [3.05, 3.63) is 28.7 Å². The topological polar surface area (TPSA) is 327 Å². The van der Waals surface area contributed by atoms with Gasteiger partial charge in [-0.25, -0.2) is 29.1 Å². The van der Waals surface area contributed by atoms with Crippen LogP contribution in [0, 0.1) is 0 Å². The summed E-state index contributed by atoms with van der Waals surface area (Å²) in [5, 5.41) is 42.8. The number of imidazole rings is 1. The number of carbonyl (C=O) groups is 1. The van der Waals surface area contributed by atoms with Crippen LogP contribution in [0.2, 0.25) is 0 Å². The van der Waals surface area contributed by atoms with E-state index >= 15 is 0 Å². The van der Waals surface area contributed by atoms with E-state index in [1.54, 1.807) is 0 Å². The van der Waals surface area contributed by atoms with Crippen LogP contribution in [0.1, 0.15) is 27.8 Å². The van der Waals surface area contributed by atoms with Crippen molar-refractivity contribution in [2.24, 2.45) is 5.73 Å². The normalized spacial score (nSPS) is 32.1. The third kappa shape index (κ3) is 6.62. The zero-order valence-electron chi connectivity index (χ0n) is 21.4. The highest BCUT2D eigenvalue weighted by Gasteiger charge is 2.48. The second kappa shape index (κ2) is 12.1. The molecule has 10 atom stereocenters. The molecule has 0 aromatic carbocycles. The van der Waals surface area contributed by atoms with Crippen LogP contribution < -0.4 is 11.5 Å². The van der Waals surface area contributed by atoms with Crippen molar-refractivity contribution >= 4 is 49.9 Å². The number of aliphatic hydroxyl groups is 4. The summed E-state index contributed by atoms with van der Waals surface area (Å²) in [5.41, 5.74) is 11.1. The highest BCUT2D eigenvalue weighted by molar-refractivity contribution is 7.61. The van der Waals surface area contributed by atoms with Crippen molar-refractivity contribution in [1.82, 2.24) is 24.5 Å². The number of rotatable bonds is 11. The number of nitrogens with zero attached hydrogens (tertiary/aromatic N) is 5. The second-order valence-corrected chi connectivity index (χ2v) is 13.2. The molecule has 3 aromatic rings. The number of thiazole rings is 1. The van der Waals surface area contributed by atoms with Crippen molar-refractivity contribution in [2.45, 2.75) is 49.0 Å². The van der Waals surface area contributed by atoms with E-state index < -0.39 is 83.7 Å². The summed E-state index contributed by atoms with van der Waals surface area (Å²) in [4.78, 5) is 47.0. The maximum absolute atomic E-state index is 12.4. The van der Waals surface area contributed by atoms with Gasteiger partial charge in [0.1, 0.15) is 65.3 Å². The summed E-state index contributed by atoms with van der Waals surface area (Å²) in [6.07, 6.45) is -9.48. The molecule has 0 aliphatic carbocycles. The molecule has 10 N–H and O–H groups in total. The average Bonchev–Trinajstić information content (AvgIpc) is 3.70. The van der Waals surface area contributed by atoms with Crippen LogP contribution >= 0.6 is 27.0 Å². The first-order valence-electron chi connectivity index (χ1n) is 12.0. The SMILES string of the molecule is NC(=O)c1csc(C2OC(COP(=O)(O)OP(=O)(O)OC[C@H]3OC(n4cnc5c(N)ncnc54)C(O)C3O)[C@H](O)[C@@H]2O)n1. The zero-order chi connectivity index (χ0) is 31.3. The van der Waals surface area contributed by atoms with E-state index in [1.807, 2.05) is 0 Å². The molecule has 0 saturated carbocycles. The molecule has 0 bridgehead atoms. The average molecular weight is 669 g/mol. The number of phosphoric ester groups is 2. The second-order valence-electron chi connectivity index (χ2n) is 9.25. The van der Waals surface area contributed by atoms with Gasteiger partial charge in [0.2, 0.25) is 0 Å². The fraction of sp³-hybridized carbons (Fsp3) is 0.526. The molecule has 3 aromatic heterocycles. The smallest absolute Gasteiger partial charge is 0.387 e. The fourth-order valence-electron chi connectivity index (χ4n) is 4.29. The van der Waals surface area contributed by atoms with Crippen molar-refractivity contribution < 1.29 is 67.0 Å². The Kier molecular flexibility index (Phi) is 8.97. The highest BCUT2D eigenvalue weighted by Crippen LogP contribution is 2.61. The van der Waals surface area contributed by atoms with Gasteiger partial charge in [0, 0.05) is 5.38 Å². The molecule has 21 nitrogen and oxygen atoms in total. The van der Waals surface area contributed by atoms with Gasteiger partial charge in [0.25, 0.3) is 5.91 Å². The van der Waals surface area contributed by atoms with Gasteiger partial charge < -0.3 is 51.2 Å². The Labute approximate surface area is 243 Å². The molecule has 0 spiro atoms. The maximum atomic E-state index is 12.4. The number of nitrogen functional groups attached to an aromatic ring is 1. The van der Waals surface area contributed by atoms with E-state index in [-0.39, 0.29) is 27.7 Å². The predicted molar refractivity (Wildman–Crippen MR) is 139 cm³/mol. The Bertz CT molecular complexity index is 1590. The summed E-state index contributed by atoms with van der Waals surface area (Å²) < 4.78 is 50.6. The Morgan fingerprint density at radius 2 is 1.60 bits per heavy atom. The molecule has 5 heterocycles. The molecule has 2 aliphatic heterocycles. The van der Waals surface area contributed by atoms with E-state index in [9.17, 15) is 44.1 Å². The van der Waals surface area contributed by atoms with E-state index in [1.165, 1.54) is 16.3 Å². The van der Waals surface area contributed by atoms with Gasteiger partial charge in [-0.05, 0) is 0 Å². The molecule has 2 fully saturated rings. The number of phosphoric acid groups is 2. The highest BCUT2D eigenvalue weighted by atomic mass is 32.1. The summed E-state index contributed by atoms with van der Waals surface area (Å²) in [6.45, 7) is -1.80. The summed E-state index contributed by atoms with van der Waals surface area (Å²) in [6, 6.07) is 0. The molecule has 24 heteroatoms. The van der Waals surface area contributed by atoms with E-state index in [0.29, 0.717) is 0 Å². The number of hydrogen-bond acceptors (Lipinski definition) is 18. The number of amides is 1. The summed E-state index contributed by atoms with van der Waals surface area (Å²) in [5.74, 6) is -0.782. The van der Waals surface area contributed by atoms with Gasteiger partial charge in [0.15, 0.2) is 17.7 Å². The Morgan fingerprint density at radius 3 is 2.23 bits per heavy atom. The lowest BCUT2D eigenvalue weighted by Gasteiger charge is -2.20. The first-order valence-corrected chi connectivity index (χ1v) is 15.9. The molecule has 43 heavy (non-hydrogen) atoms. The molecule has 1 amide bonds. The molecular formula is C19H25N7O14P2S. The standard InChI is InChI=1S/C19H25N7O14P2S/c20-15-9-17(23-4-22-15)26(5-24-9)19-13(30)11(28)8(39-19)2-37-42(34,35)40-41(32,33)36-1-7-10(27)12(29)14(38-7)18-25-6(3-43-18)16(21)31/h3-5,7-8,10-14,19,27-30H,1-2H2,(H2,21,31)(H,32,33)(H,34,35)(H2,20,22,23)/t7?,8-,10+,11?,12+,13?,14?,19?/m1/s1. The number of ether oxygens (including phenoxy) is 2. The van der Waals surface area contributed by atoms with Gasteiger partial charge in [-0.1, -0.05) is 0 Å². The number of hydrogen-bond donors (Lipinski definition) is 8. The van der Waals surface area contributed by atoms with Crippen LogP contribution in [0.25, 0.3) is 11.2 Å². The predicted octanol–water partition coefficient (Wildman–Crippen LogP) is -2.30. The van der Waals surface area contributed by atoms with E-state index in [4.69, 9.17) is 25.5 Å². The number of carbonyl (C=O) groups excluding carboxylic acids is 1. The molecule has 7 unspecified atom stereocenters. The lowest BCUT2D eigenvalue weighted by Crippen LogP contribution is -2.33. The minimum absolute atomic E-state index is 0.0500. The van der Waals surface area contributed by atoms with Crippen LogP contribution in [0.4, 0.5) is 5.82 Å². The molecule has 0 radical (unpaired) electrons. The number of fused-ring (bicyclic) bond motifs is 1. The third-order valence-electron chi connectivity index (χ3n) is 6.39. The quantitative estimate of drug-likeness (QED) is 0.0994. The molecule has 5 rings (SSSR count). The Morgan fingerprint density at radius 1 is 0.977 bits per heavy atom. The number of primary amides is 1. The number of anilines is 1. The maximum Gasteiger partial charge on any atom is 0.481 e. The van der Waals surface area contributed by atoms with Crippen molar-refractivity contribution in [3.8, 4) is 0 Å². The largest absolute Gasteiger partial charge is 0.481 e. The van der Waals surface area contributed by atoms with Gasteiger partial charge in [-0.3, -0.25) is 18.4 Å². The molecular weight excluding hydrogens is 644 g/mol. The van der Waals surface area contributed by atoms with E-state index in [2.05, 4.69) is 28.8 Å². The minimum Gasteiger partial charge on any atom is -0.387 e. The summed E-state index contributed by atoms with van der Waals surface area (Å²) >= 11 is 0.908. The van der Waals surface area contributed by atoms with Gasteiger partial charge in [-0.15, -0.1) is 11.3 Å². The monoisotopic (exact) mass is 669 g/mol. The molecule has 2 aliphatic rings. The van der Waals surface area contributed by atoms with Crippen LogP contribution in [0.3, 0.4) is 0 Å². The lowest BCUT2D eigenvalue weighted by atomic mass is 10.1. The number of aromatic nitrogens is 5. The minimum atomic E-state index is -5.37. The van der Waals surface area contributed by atoms with Crippen LogP contribution in [-0.2, 0) is 32.0 Å². The zero-order valence-corrected chi connectivity index (χ0v) is 24.0. The van der Waals surface area contributed by atoms with Crippen molar-refractivity contribution in [2.75, 3.05) is 18.9 Å². The van der Waals surface area contributed by atoms with Crippen LogP contribution in [0.15, 0.2) is 18.0 Å². The van der Waals surface area contributed by atoms with Gasteiger partial charge in [0.05, 0.1) is 19.5 Å². The van der Waals surface area contributed by atoms with Gasteiger partial charge in [-0.2, -0.15) is 4.31 Å². The Balaban J connectivity index is 1.15. The first kappa shape index (κ1) is 31.9. The Hall–Kier alpha value is -2.53. The van der Waals surface area contributed by atoms with Crippen LogP contribution in [-0.4, -0.2) is 110 Å². The first-order chi connectivity index (χ1) is 20.2. The van der Waals surface area contributed by atoms with Crippen LogP contribution in [0.5, 0.6) is 0 Å². The number of nitrogens with two attached hydrogens (primary N) is 2. The third-order valence-corrected chi connectivity index (χ3v) is 9.90. The van der Waals surface area contributed by atoms with Crippen molar-refractivity contribution in [1.29, 1.82) is 0 Å². The number of aliphatic hydroxyl groups excluding tert-OH is 4. The molecule has 236 valence electrons. The lowest BCUT2D eigenvalue weighted by molar-refractivity contribution is -0.0507.